The van der Waals surface area contributed by atoms with Gasteiger partial charge >= 0.3 is 0 Å². The summed E-state index contributed by atoms with van der Waals surface area (Å²) in [6.07, 6.45) is 0.673. The number of amides is 2. The maximum Gasteiger partial charge on any atom is 0.254 e. The summed E-state index contributed by atoms with van der Waals surface area (Å²) >= 11 is 0. The molecule has 1 aliphatic heterocycles. The zero-order chi connectivity index (χ0) is 18.0. The normalized spacial score (nSPS) is 20.6. The van der Waals surface area contributed by atoms with Gasteiger partial charge in [0, 0.05) is 14.1 Å². The fraction of sp³-hybridized carbons (Fsp3) is 0.333. The van der Waals surface area contributed by atoms with Crippen LogP contribution in [0.2, 0.25) is 0 Å². The molecule has 1 fully saturated rings. The Labute approximate surface area is 144 Å². The number of carbonyl (C=O) groups is 2. The van der Waals surface area contributed by atoms with Gasteiger partial charge in [-0.15, -0.1) is 0 Å². The van der Waals surface area contributed by atoms with Crippen molar-refractivity contribution in [2.24, 2.45) is 0 Å². The molecule has 0 radical (unpaired) electrons. The van der Waals surface area contributed by atoms with E-state index in [-0.39, 0.29) is 24.2 Å². The van der Waals surface area contributed by atoms with Crippen molar-refractivity contribution < 1.29 is 23.1 Å². The van der Waals surface area contributed by atoms with Gasteiger partial charge in [0.2, 0.25) is 5.91 Å². The Hall–Kier alpha value is -2.67. The van der Waals surface area contributed by atoms with Gasteiger partial charge in [0.25, 0.3) is 5.91 Å². The van der Waals surface area contributed by atoms with Crippen LogP contribution in [0.1, 0.15) is 17.4 Å². The van der Waals surface area contributed by atoms with Gasteiger partial charge in [-0.3, -0.25) is 9.59 Å². The number of benzene rings is 1. The van der Waals surface area contributed by atoms with E-state index < -0.39 is 12.1 Å². The maximum absolute atomic E-state index is 13.2. The van der Waals surface area contributed by atoms with Crippen LogP contribution >= 0.6 is 0 Å². The highest BCUT2D eigenvalue weighted by Gasteiger charge is 2.41. The molecule has 6 nitrogen and oxygen atoms in total. The minimum atomic E-state index is -0.867. The largest absolute Gasteiger partial charge is 0.467 e. The number of ether oxygens (including phenoxy) is 1. The first-order valence-electron chi connectivity index (χ1n) is 7.87. The molecule has 0 aliphatic carbocycles. The Morgan fingerprint density at radius 3 is 2.68 bits per heavy atom. The van der Waals surface area contributed by atoms with Gasteiger partial charge < -0.3 is 19.0 Å². The van der Waals surface area contributed by atoms with E-state index in [2.05, 4.69) is 0 Å². The lowest BCUT2D eigenvalue weighted by atomic mass is 9.97. The van der Waals surface area contributed by atoms with Gasteiger partial charge in [-0.05, 0) is 29.8 Å². The minimum Gasteiger partial charge on any atom is -0.467 e. The lowest BCUT2D eigenvalue weighted by molar-refractivity contribution is -0.167. The topological polar surface area (TPSA) is 63.0 Å². The van der Waals surface area contributed by atoms with E-state index in [9.17, 15) is 14.0 Å². The Bertz CT molecular complexity index is 745. The van der Waals surface area contributed by atoms with Gasteiger partial charge in [0.1, 0.15) is 18.2 Å². The van der Waals surface area contributed by atoms with Crippen molar-refractivity contribution in [1.82, 2.24) is 9.80 Å². The van der Waals surface area contributed by atoms with E-state index in [0.29, 0.717) is 17.9 Å². The number of rotatable bonds is 4. The van der Waals surface area contributed by atoms with E-state index in [1.807, 2.05) is 0 Å². The second kappa shape index (κ2) is 7.06. The van der Waals surface area contributed by atoms with Crippen molar-refractivity contribution >= 4 is 11.8 Å². The highest BCUT2D eigenvalue weighted by Crippen LogP contribution is 2.30. The van der Waals surface area contributed by atoms with Crippen LogP contribution in [0.15, 0.2) is 47.1 Å². The lowest BCUT2D eigenvalue weighted by Gasteiger charge is -2.39. The minimum absolute atomic E-state index is 0.167. The van der Waals surface area contributed by atoms with Crippen LogP contribution in [-0.4, -0.2) is 48.4 Å². The third-order valence-electron chi connectivity index (χ3n) is 4.29. The summed E-state index contributed by atoms with van der Waals surface area (Å²) in [5.41, 5.74) is 0.640. The van der Waals surface area contributed by atoms with Crippen LogP contribution in [0.5, 0.6) is 0 Å². The van der Waals surface area contributed by atoms with E-state index in [1.165, 1.54) is 21.9 Å². The van der Waals surface area contributed by atoms with Crippen LogP contribution in [0.25, 0.3) is 0 Å². The van der Waals surface area contributed by atoms with Gasteiger partial charge in [-0.2, -0.15) is 0 Å². The summed E-state index contributed by atoms with van der Waals surface area (Å²) in [5, 5.41) is 0. The molecule has 3 rings (SSSR count). The van der Waals surface area contributed by atoms with Crippen molar-refractivity contribution in [3.8, 4) is 0 Å². The number of nitrogens with zero attached hydrogens (tertiary/aromatic N) is 2. The second-order valence-corrected chi connectivity index (χ2v) is 6.01. The number of morpholine rings is 1. The maximum atomic E-state index is 13.2. The highest BCUT2D eigenvalue weighted by molar-refractivity contribution is 5.86. The number of hydrogen-bond acceptors (Lipinski definition) is 4. The van der Waals surface area contributed by atoms with Crippen LogP contribution in [0.4, 0.5) is 4.39 Å². The molecule has 2 amide bonds. The molecular formula is C18H19FN2O4. The predicted molar refractivity (Wildman–Crippen MR) is 86.8 cm³/mol. The summed E-state index contributed by atoms with van der Waals surface area (Å²) < 4.78 is 24.0. The second-order valence-electron chi connectivity index (χ2n) is 6.01. The Balaban J connectivity index is 1.84. The van der Waals surface area contributed by atoms with E-state index >= 15 is 0 Å². The van der Waals surface area contributed by atoms with Gasteiger partial charge in [0.15, 0.2) is 6.10 Å². The standard InChI is InChI=1S/C18H19FN2O4/c1-20(10-14-4-3-9-24-14)18(23)17-16(21(2)15(22)11-25-17)12-5-7-13(19)8-6-12/h3-9,16-17H,10-11H2,1-2H3/t16-,17+/m1/s1. The Morgan fingerprint density at radius 2 is 2.04 bits per heavy atom. The smallest absolute Gasteiger partial charge is 0.254 e. The van der Waals surface area contributed by atoms with E-state index in [0.717, 1.165) is 0 Å². The van der Waals surface area contributed by atoms with Crippen LogP contribution < -0.4 is 0 Å². The molecule has 2 aromatic rings. The van der Waals surface area contributed by atoms with Crippen molar-refractivity contribution in [1.29, 1.82) is 0 Å². The summed E-state index contributed by atoms with van der Waals surface area (Å²) in [7, 11) is 3.26. The monoisotopic (exact) mass is 346 g/mol. The van der Waals surface area contributed by atoms with Crippen molar-refractivity contribution in [3.05, 3.63) is 59.8 Å². The first kappa shape index (κ1) is 17.2. The molecule has 1 aromatic heterocycles. The summed E-state index contributed by atoms with van der Waals surface area (Å²) in [6, 6.07) is 8.63. The molecule has 0 bridgehead atoms. The summed E-state index contributed by atoms with van der Waals surface area (Å²) in [6.45, 7) is 0.124. The lowest BCUT2D eigenvalue weighted by Crippen LogP contribution is -2.53. The van der Waals surface area contributed by atoms with Crippen molar-refractivity contribution in [2.75, 3.05) is 20.7 Å². The van der Waals surface area contributed by atoms with Crippen LogP contribution in [0, 0.1) is 5.82 Å². The molecule has 0 saturated carbocycles. The number of hydrogen-bond donors (Lipinski definition) is 0. The fourth-order valence-electron chi connectivity index (χ4n) is 2.91. The number of carbonyl (C=O) groups excluding carboxylic acids is 2. The zero-order valence-electron chi connectivity index (χ0n) is 14.0. The third-order valence-corrected chi connectivity index (χ3v) is 4.29. The summed E-state index contributed by atoms with van der Waals surface area (Å²) in [4.78, 5) is 27.9. The van der Waals surface area contributed by atoms with Crippen molar-refractivity contribution in [3.63, 3.8) is 0 Å². The quantitative estimate of drug-likeness (QED) is 0.849. The van der Waals surface area contributed by atoms with E-state index in [4.69, 9.17) is 9.15 Å². The fourth-order valence-corrected chi connectivity index (χ4v) is 2.91. The first-order valence-corrected chi connectivity index (χ1v) is 7.87. The zero-order valence-corrected chi connectivity index (χ0v) is 14.0. The molecule has 7 heteroatoms. The van der Waals surface area contributed by atoms with Gasteiger partial charge in [-0.25, -0.2) is 4.39 Å². The highest BCUT2D eigenvalue weighted by atomic mass is 19.1. The van der Waals surface area contributed by atoms with Crippen LogP contribution in [-0.2, 0) is 20.9 Å². The van der Waals surface area contributed by atoms with Crippen molar-refractivity contribution in [2.45, 2.75) is 18.7 Å². The molecule has 1 aromatic carbocycles. The molecule has 2 heterocycles. The SMILES string of the molecule is CN(Cc1ccco1)C(=O)[C@H]1OCC(=O)N(C)[C@@H]1c1ccc(F)cc1. The molecule has 0 N–H and O–H groups in total. The Morgan fingerprint density at radius 1 is 1.32 bits per heavy atom. The average molecular weight is 346 g/mol. The van der Waals surface area contributed by atoms with E-state index in [1.54, 1.807) is 44.6 Å². The Kier molecular flexibility index (Phi) is 4.85. The molecule has 132 valence electrons. The first-order chi connectivity index (χ1) is 12.0. The average Bonchev–Trinajstić information content (AvgIpc) is 3.10. The molecule has 0 unspecified atom stereocenters. The number of likely N-dealkylation sites (N-methyl/N-ethyl adjacent to an activating group) is 2. The molecule has 25 heavy (non-hydrogen) atoms. The number of furan rings is 1. The molecule has 1 saturated heterocycles. The molecule has 2 atom stereocenters. The molecule has 0 spiro atoms. The number of halogens is 1. The predicted octanol–water partition coefficient (Wildman–Crippen LogP) is 1.98. The van der Waals surface area contributed by atoms with Crippen LogP contribution in [0.3, 0.4) is 0 Å². The van der Waals surface area contributed by atoms with Gasteiger partial charge in [-0.1, -0.05) is 12.1 Å². The van der Waals surface area contributed by atoms with Gasteiger partial charge in [0.05, 0.1) is 18.8 Å². The molecule has 1 aliphatic rings. The third kappa shape index (κ3) is 3.56. The summed E-state index contributed by atoms with van der Waals surface area (Å²) in [5.74, 6) is -0.237. The molecular weight excluding hydrogens is 327 g/mol.